The molecule has 0 aliphatic carbocycles. The predicted molar refractivity (Wildman–Crippen MR) is 46.1 cm³/mol. The molecule has 0 saturated heterocycles. The van der Waals surface area contributed by atoms with E-state index in [4.69, 9.17) is 5.26 Å². The lowest BCUT2D eigenvalue weighted by atomic mass is 10.2. The summed E-state index contributed by atoms with van der Waals surface area (Å²) in [5.41, 5.74) is -0.183. The fourth-order valence-corrected chi connectivity index (χ4v) is 1.59. The summed E-state index contributed by atoms with van der Waals surface area (Å²) < 4.78 is 61.4. The molecule has 0 N–H and O–H groups in total. The molecule has 0 fully saturated rings. The maximum atomic E-state index is 12.7. The fraction of sp³-hybridized carbons (Fsp3) is 0.125. The van der Waals surface area contributed by atoms with E-state index in [2.05, 4.69) is 4.74 Å². The van der Waals surface area contributed by atoms with E-state index < -0.39 is 27.5 Å². The van der Waals surface area contributed by atoms with Crippen molar-refractivity contribution in [3.8, 4) is 11.8 Å². The molecule has 0 unspecified atom stereocenters. The molecule has 0 aliphatic rings. The Bertz CT molecular complexity index is 536. The van der Waals surface area contributed by atoms with Gasteiger partial charge in [0.1, 0.15) is 10.6 Å². The summed E-state index contributed by atoms with van der Waals surface area (Å²) in [4.78, 5) is -1.09. The summed E-state index contributed by atoms with van der Waals surface area (Å²) in [6.07, 6.45) is 0. The number of hydrogen-bond donors (Lipinski definition) is 0. The summed E-state index contributed by atoms with van der Waals surface area (Å²) in [6, 6.07) is 3.99. The van der Waals surface area contributed by atoms with Crippen molar-refractivity contribution >= 4 is 10.2 Å². The van der Waals surface area contributed by atoms with Gasteiger partial charge >= 0.3 is 16.8 Å². The third-order valence-electron chi connectivity index (χ3n) is 1.55. The SMILES string of the molecule is N#Cc1ccc(OC(F)F)c(S(=O)(=O)F)c1. The van der Waals surface area contributed by atoms with E-state index in [0.29, 0.717) is 6.07 Å². The van der Waals surface area contributed by atoms with Gasteiger partial charge in [-0.05, 0) is 18.2 Å². The van der Waals surface area contributed by atoms with Gasteiger partial charge in [0.2, 0.25) is 0 Å². The van der Waals surface area contributed by atoms with Gasteiger partial charge in [0.25, 0.3) is 0 Å². The molecule has 4 nitrogen and oxygen atoms in total. The monoisotopic (exact) mass is 251 g/mol. The van der Waals surface area contributed by atoms with Crippen molar-refractivity contribution in [3.63, 3.8) is 0 Å². The minimum Gasteiger partial charge on any atom is -0.433 e. The van der Waals surface area contributed by atoms with Crippen LogP contribution >= 0.6 is 0 Å². The highest BCUT2D eigenvalue weighted by atomic mass is 32.3. The van der Waals surface area contributed by atoms with Crippen LogP contribution in [-0.4, -0.2) is 15.0 Å². The Labute approximate surface area is 89.1 Å². The quantitative estimate of drug-likeness (QED) is 0.768. The van der Waals surface area contributed by atoms with E-state index in [9.17, 15) is 21.1 Å². The van der Waals surface area contributed by atoms with Gasteiger partial charge in [-0.15, -0.1) is 3.89 Å². The molecular weight excluding hydrogens is 247 g/mol. The number of benzene rings is 1. The zero-order valence-electron chi connectivity index (χ0n) is 7.52. The topological polar surface area (TPSA) is 67.2 Å². The van der Waals surface area contributed by atoms with Crippen LogP contribution in [0.1, 0.15) is 5.56 Å². The van der Waals surface area contributed by atoms with Crippen LogP contribution in [0.4, 0.5) is 12.7 Å². The van der Waals surface area contributed by atoms with Crippen LogP contribution in [0, 0.1) is 11.3 Å². The maximum Gasteiger partial charge on any atom is 0.387 e. The predicted octanol–water partition coefficient (Wildman–Crippen LogP) is 1.82. The lowest BCUT2D eigenvalue weighted by Crippen LogP contribution is -2.06. The molecule has 0 atom stereocenters. The number of nitrogens with zero attached hydrogens (tertiary/aromatic N) is 1. The van der Waals surface area contributed by atoms with Crippen molar-refractivity contribution < 1.29 is 25.8 Å². The van der Waals surface area contributed by atoms with Crippen molar-refractivity contribution in [2.24, 2.45) is 0 Å². The van der Waals surface area contributed by atoms with E-state index in [1.54, 1.807) is 6.07 Å². The summed E-state index contributed by atoms with van der Waals surface area (Å²) in [5, 5.41) is 8.44. The molecule has 1 aromatic carbocycles. The Balaban J connectivity index is 3.35. The molecule has 0 amide bonds. The van der Waals surface area contributed by atoms with Crippen LogP contribution in [0.25, 0.3) is 0 Å². The summed E-state index contributed by atoms with van der Waals surface area (Å²) >= 11 is 0. The van der Waals surface area contributed by atoms with Gasteiger partial charge in [-0.2, -0.15) is 22.5 Å². The second-order valence-corrected chi connectivity index (χ2v) is 3.91. The molecule has 0 aromatic heterocycles. The van der Waals surface area contributed by atoms with Gasteiger partial charge < -0.3 is 4.74 Å². The lowest BCUT2D eigenvalue weighted by molar-refractivity contribution is -0.0517. The highest BCUT2D eigenvalue weighted by molar-refractivity contribution is 7.86. The number of halogens is 3. The molecule has 0 saturated carbocycles. The van der Waals surface area contributed by atoms with Crippen molar-refractivity contribution in [1.82, 2.24) is 0 Å². The third kappa shape index (κ3) is 2.87. The highest BCUT2D eigenvalue weighted by Crippen LogP contribution is 2.27. The Morgan fingerprint density at radius 2 is 2.00 bits per heavy atom. The Morgan fingerprint density at radius 3 is 2.44 bits per heavy atom. The smallest absolute Gasteiger partial charge is 0.387 e. The minimum atomic E-state index is -5.22. The van der Waals surface area contributed by atoms with Crippen LogP contribution in [0.15, 0.2) is 23.1 Å². The van der Waals surface area contributed by atoms with Gasteiger partial charge in [0, 0.05) is 0 Å². The maximum absolute atomic E-state index is 12.7. The van der Waals surface area contributed by atoms with Crippen molar-refractivity contribution in [2.45, 2.75) is 11.5 Å². The van der Waals surface area contributed by atoms with Gasteiger partial charge in [0.15, 0.2) is 0 Å². The summed E-state index contributed by atoms with van der Waals surface area (Å²) in [7, 11) is -5.22. The fourth-order valence-electron chi connectivity index (χ4n) is 0.961. The van der Waals surface area contributed by atoms with Crippen molar-refractivity contribution in [1.29, 1.82) is 5.26 Å². The molecule has 86 valence electrons. The second kappa shape index (κ2) is 4.40. The Kier molecular flexibility index (Phi) is 3.39. The molecule has 0 heterocycles. The van der Waals surface area contributed by atoms with Crippen LogP contribution in [0.2, 0.25) is 0 Å². The van der Waals surface area contributed by atoms with Crippen LogP contribution in [0.3, 0.4) is 0 Å². The molecular formula is C8H4F3NO3S. The van der Waals surface area contributed by atoms with Gasteiger partial charge in [0.05, 0.1) is 11.6 Å². The van der Waals surface area contributed by atoms with E-state index >= 15 is 0 Å². The minimum absolute atomic E-state index is 0.183. The zero-order chi connectivity index (χ0) is 12.3. The number of hydrogen-bond acceptors (Lipinski definition) is 4. The van der Waals surface area contributed by atoms with Crippen molar-refractivity contribution in [2.75, 3.05) is 0 Å². The Hall–Kier alpha value is -1.75. The summed E-state index contributed by atoms with van der Waals surface area (Å²) in [6.45, 7) is -3.28. The molecule has 8 heteroatoms. The summed E-state index contributed by atoms with van der Waals surface area (Å²) in [5.74, 6) is -0.837. The van der Waals surface area contributed by atoms with E-state index in [1.165, 1.54) is 0 Å². The van der Waals surface area contributed by atoms with Crippen LogP contribution in [0.5, 0.6) is 5.75 Å². The number of nitriles is 1. The van der Waals surface area contributed by atoms with Crippen molar-refractivity contribution in [3.05, 3.63) is 23.8 Å². The molecule has 16 heavy (non-hydrogen) atoms. The molecule has 0 radical (unpaired) electrons. The van der Waals surface area contributed by atoms with Crippen LogP contribution < -0.4 is 4.74 Å². The third-order valence-corrected chi connectivity index (χ3v) is 2.40. The van der Waals surface area contributed by atoms with E-state index in [-0.39, 0.29) is 5.56 Å². The average Bonchev–Trinajstić information content (AvgIpc) is 2.15. The van der Waals surface area contributed by atoms with E-state index in [0.717, 1.165) is 12.1 Å². The second-order valence-electron chi connectivity index (χ2n) is 2.59. The first-order chi connectivity index (χ1) is 7.34. The molecule has 0 aliphatic heterocycles. The van der Waals surface area contributed by atoms with Gasteiger partial charge in [-0.3, -0.25) is 0 Å². The highest BCUT2D eigenvalue weighted by Gasteiger charge is 2.21. The Morgan fingerprint density at radius 1 is 1.38 bits per heavy atom. The van der Waals surface area contributed by atoms with Crippen LogP contribution in [-0.2, 0) is 10.2 Å². The first-order valence-corrected chi connectivity index (χ1v) is 5.16. The molecule has 1 aromatic rings. The normalized spacial score (nSPS) is 11.2. The standard InChI is InChI=1S/C8H4F3NO3S/c9-8(10)15-6-2-1-5(4-12)3-7(6)16(11,13)14/h1-3,8H. The van der Waals surface area contributed by atoms with Gasteiger partial charge in [-0.1, -0.05) is 0 Å². The average molecular weight is 251 g/mol. The first kappa shape index (κ1) is 12.3. The lowest BCUT2D eigenvalue weighted by Gasteiger charge is -2.07. The van der Waals surface area contributed by atoms with E-state index in [1.807, 2.05) is 0 Å². The zero-order valence-corrected chi connectivity index (χ0v) is 8.34. The molecule has 0 spiro atoms. The van der Waals surface area contributed by atoms with Gasteiger partial charge in [-0.25, -0.2) is 0 Å². The first-order valence-electron chi connectivity index (χ1n) is 3.78. The number of ether oxygens (including phenoxy) is 1. The largest absolute Gasteiger partial charge is 0.433 e. The molecule has 1 rings (SSSR count). The number of rotatable bonds is 3. The molecule has 0 bridgehead atoms. The number of alkyl halides is 2.